The van der Waals surface area contributed by atoms with Crippen molar-refractivity contribution in [1.29, 1.82) is 0 Å². The van der Waals surface area contributed by atoms with Crippen molar-refractivity contribution in [3.8, 4) is 0 Å². The van der Waals surface area contributed by atoms with E-state index in [1.807, 2.05) is 18.2 Å². The van der Waals surface area contributed by atoms with Crippen LogP contribution in [0.4, 0.5) is 5.82 Å². The van der Waals surface area contributed by atoms with Gasteiger partial charge in [0, 0.05) is 24.1 Å². The Morgan fingerprint density at radius 3 is 2.84 bits per heavy atom. The Labute approximate surface area is 185 Å². The van der Waals surface area contributed by atoms with Crippen molar-refractivity contribution in [3.05, 3.63) is 36.5 Å². The number of rotatable bonds is 4. The third-order valence-corrected chi connectivity index (χ3v) is 9.53. The SMILES string of the molecule is C[C@]12CC[C@H]3[C@@H](CCC4NC(=O)C=C[C@@]43C)[C@@H]1CC[C@@H]2CCC(=O)Nc1ccccn1. The van der Waals surface area contributed by atoms with E-state index in [4.69, 9.17) is 0 Å². The summed E-state index contributed by atoms with van der Waals surface area (Å²) in [5, 5.41) is 6.19. The molecule has 0 aromatic carbocycles. The van der Waals surface area contributed by atoms with E-state index in [2.05, 4.69) is 35.5 Å². The molecule has 31 heavy (non-hydrogen) atoms. The molecule has 4 aliphatic rings. The minimum Gasteiger partial charge on any atom is -0.349 e. The maximum atomic E-state index is 12.5. The van der Waals surface area contributed by atoms with Gasteiger partial charge in [-0.25, -0.2) is 4.98 Å². The summed E-state index contributed by atoms with van der Waals surface area (Å²) in [5.41, 5.74) is 0.441. The first kappa shape index (κ1) is 20.7. The molecule has 2 N–H and O–H groups in total. The highest BCUT2D eigenvalue weighted by atomic mass is 16.2. The zero-order chi connectivity index (χ0) is 21.6. The molecular weight excluding hydrogens is 386 g/mol. The fourth-order valence-corrected chi connectivity index (χ4v) is 7.86. The van der Waals surface area contributed by atoms with E-state index in [9.17, 15) is 9.59 Å². The molecule has 5 heteroatoms. The molecular formula is C26H35N3O2. The molecule has 3 saturated carbocycles. The number of hydrogen-bond donors (Lipinski definition) is 2. The van der Waals surface area contributed by atoms with E-state index in [1.165, 1.54) is 32.1 Å². The van der Waals surface area contributed by atoms with Gasteiger partial charge in [0.1, 0.15) is 5.82 Å². The predicted molar refractivity (Wildman–Crippen MR) is 121 cm³/mol. The second-order valence-electron chi connectivity index (χ2n) is 10.8. The average Bonchev–Trinajstić information content (AvgIpc) is 3.10. The average molecular weight is 422 g/mol. The number of carbonyl (C=O) groups is 2. The Morgan fingerprint density at radius 1 is 1.16 bits per heavy atom. The largest absolute Gasteiger partial charge is 0.349 e. The number of aromatic nitrogens is 1. The van der Waals surface area contributed by atoms with Crippen LogP contribution in [-0.4, -0.2) is 22.8 Å². The van der Waals surface area contributed by atoms with Gasteiger partial charge in [0.15, 0.2) is 0 Å². The molecule has 2 amide bonds. The van der Waals surface area contributed by atoms with Gasteiger partial charge in [0.2, 0.25) is 11.8 Å². The van der Waals surface area contributed by atoms with Crippen molar-refractivity contribution in [3.63, 3.8) is 0 Å². The summed E-state index contributed by atoms with van der Waals surface area (Å²) in [4.78, 5) is 28.6. The normalized spacial score (nSPS) is 41.0. The number of carbonyl (C=O) groups excluding carboxylic acids is 2. The minimum absolute atomic E-state index is 0.0754. The standard InChI is InChI=1S/C26H35N3O2/c1-25-14-12-20-18(8-10-21-26(20,2)15-13-24(31)28-21)19(25)9-6-17(25)7-11-23(30)29-22-5-3-4-16-27-22/h3-5,13,15-21H,6-12,14H2,1-2H3,(H,28,31)(H,27,29,30)/t17-,18+,19+,20+,21?,25-,26-/m1/s1. The third kappa shape index (κ3) is 3.50. The van der Waals surface area contributed by atoms with E-state index in [1.54, 1.807) is 12.3 Å². The van der Waals surface area contributed by atoms with Crippen molar-refractivity contribution in [2.24, 2.45) is 34.5 Å². The van der Waals surface area contributed by atoms with Crippen molar-refractivity contribution in [2.75, 3.05) is 5.32 Å². The molecule has 0 radical (unpaired) electrons. The molecule has 1 aromatic rings. The topological polar surface area (TPSA) is 71.1 Å². The van der Waals surface area contributed by atoms with E-state index in [0.717, 1.165) is 24.7 Å². The molecule has 1 aromatic heterocycles. The number of fused-ring (bicyclic) bond motifs is 5. The number of anilines is 1. The highest BCUT2D eigenvalue weighted by Crippen LogP contribution is 2.65. The fraction of sp³-hybridized carbons (Fsp3) is 0.654. The number of hydrogen-bond acceptors (Lipinski definition) is 3. The Hall–Kier alpha value is -2.17. The van der Waals surface area contributed by atoms with E-state index < -0.39 is 0 Å². The van der Waals surface area contributed by atoms with Crippen LogP contribution < -0.4 is 10.6 Å². The number of nitrogens with zero attached hydrogens (tertiary/aromatic N) is 1. The number of pyridine rings is 1. The predicted octanol–water partition coefficient (Wildman–Crippen LogP) is 4.71. The van der Waals surface area contributed by atoms with Crippen LogP contribution in [0.5, 0.6) is 0 Å². The van der Waals surface area contributed by atoms with Crippen LogP contribution in [0.1, 0.15) is 65.2 Å². The minimum atomic E-state index is 0.0754. The van der Waals surface area contributed by atoms with Crippen molar-refractivity contribution in [1.82, 2.24) is 10.3 Å². The highest BCUT2D eigenvalue weighted by molar-refractivity contribution is 5.89. The zero-order valence-corrected chi connectivity index (χ0v) is 18.8. The van der Waals surface area contributed by atoms with Gasteiger partial charge >= 0.3 is 0 Å². The Morgan fingerprint density at radius 2 is 2.03 bits per heavy atom. The van der Waals surface area contributed by atoms with Crippen molar-refractivity contribution >= 4 is 17.6 Å². The van der Waals surface area contributed by atoms with Gasteiger partial charge < -0.3 is 10.6 Å². The van der Waals surface area contributed by atoms with Gasteiger partial charge in [0.25, 0.3) is 0 Å². The van der Waals surface area contributed by atoms with Gasteiger partial charge in [-0.3, -0.25) is 9.59 Å². The highest BCUT2D eigenvalue weighted by Gasteiger charge is 2.59. The molecule has 0 spiro atoms. The van der Waals surface area contributed by atoms with Crippen LogP contribution in [0.3, 0.4) is 0 Å². The molecule has 3 fully saturated rings. The van der Waals surface area contributed by atoms with Gasteiger partial charge in [-0.05, 0) is 92.2 Å². The first-order valence-corrected chi connectivity index (χ1v) is 12.1. The van der Waals surface area contributed by atoms with Crippen LogP contribution >= 0.6 is 0 Å². The molecule has 1 aliphatic heterocycles. The van der Waals surface area contributed by atoms with Crippen LogP contribution in [0.25, 0.3) is 0 Å². The molecule has 1 unspecified atom stereocenters. The lowest BCUT2D eigenvalue weighted by molar-refractivity contribution is -0.123. The molecule has 7 atom stereocenters. The van der Waals surface area contributed by atoms with Gasteiger partial charge in [-0.15, -0.1) is 0 Å². The molecule has 3 aliphatic carbocycles. The Kier molecular flexibility index (Phi) is 5.18. The van der Waals surface area contributed by atoms with Gasteiger partial charge in [-0.2, -0.15) is 0 Å². The summed E-state index contributed by atoms with van der Waals surface area (Å²) in [7, 11) is 0. The lowest BCUT2D eigenvalue weighted by atomic mass is 9.48. The van der Waals surface area contributed by atoms with E-state index >= 15 is 0 Å². The quantitative estimate of drug-likeness (QED) is 0.739. The molecule has 0 saturated heterocycles. The summed E-state index contributed by atoms with van der Waals surface area (Å²) < 4.78 is 0. The first-order valence-electron chi connectivity index (χ1n) is 12.1. The number of amides is 2. The summed E-state index contributed by atoms with van der Waals surface area (Å²) >= 11 is 0. The lowest BCUT2D eigenvalue weighted by Gasteiger charge is -2.59. The molecule has 2 heterocycles. The van der Waals surface area contributed by atoms with Gasteiger partial charge in [0.05, 0.1) is 0 Å². The Balaban J connectivity index is 1.25. The van der Waals surface area contributed by atoms with Crippen molar-refractivity contribution in [2.45, 2.75) is 71.3 Å². The second-order valence-corrected chi connectivity index (χ2v) is 10.8. The third-order valence-electron chi connectivity index (χ3n) is 9.53. The second kappa shape index (κ2) is 7.75. The van der Waals surface area contributed by atoms with E-state index in [-0.39, 0.29) is 17.2 Å². The maximum Gasteiger partial charge on any atom is 0.243 e. The lowest BCUT2D eigenvalue weighted by Crippen LogP contribution is -2.59. The van der Waals surface area contributed by atoms with E-state index in [0.29, 0.717) is 35.5 Å². The monoisotopic (exact) mass is 421 g/mol. The smallest absolute Gasteiger partial charge is 0.243 e. The Bertz CT molecular complexity index is 884. The summed E-state index contributed by atoms with van der Waals surface area (Å²) in [6, 6.07) is 5.89. The van der Waals surface area contributed by atoms with Crippen LogP contribution in [0.2, 0.25) is 0 Å². The van der Waals surface area contributed by atoms with Crippen molar-refractivity contribution < 1.29 is 9.59 Å². The molecule has 5 rings (SSSR count). The number of nitrogens with one attached hydrogen (secondary N) is 2. The summed E-state index contributed by atoms with van der Waals surface area (Å²) in [6.07, 6.45) is 14.6. The van der Waals surface area contributed by atoms with Crippen LogP contribution in [0.15, 0.2) is 36.5 Å². The summed E-state index contributed by atoms with van der Waals surface area (Å²) in [6.45, 7) is 4.89. The summed E-state index contributed by atoms with van der Waals surface area (Å²) in [5.74, 6) is 3.57. The van der Waals surface area contributed by atoms with Gasteiger partial charge in [-0.1, -0.05) is 26.0 Å². The van der Waals surface area contributed by atoms with Crippen LogP contribution in [0, 0.1) is 34.5 Å². The molecule has 166 valence electrons. The first-order chi connectivity index (χ1) is 14.9. The zero-order valence-electron chi connectivity index (χ0n) is 18.8. The van der Waals surface area contributed by atoms with Crippen LogP contribution in [-0.2, 0) is 9.59 Å². The molecule has 0 bridgehead atoms. The maximum absolute atomic E-state index is 12.5. The molecule has 5 nitrogen and oxygen atoms in total. The fourth-order valence-electron chi connectivity index (χ4n) is 7.86.